The van der Waals surface area contributed by atoms with Gasteiger partial charge in [-0.05, 0) is 30.6 Å². The molecule has 0 amide bonds. The van der Waals surface area contributed by atoms with E-state index in [1.54, 1.807) is 5.31 Å². The molecular weight excluding hydrogens is 408 g/mol. The largest absolute Gasteiger partial charge is 4.00 e. The smallest absolute Gasteiger partial charge is 1.00 e. The summed E-state index contributed by atoms with van der Waals surface area (Å²) in [4.78, 5) is 0. The summed E-state index contributed by atoms with van der Waals surface area (Å²) in [6.45, 7) is 6.86. The number of benzene rings is 1. The Bertz CT molecular complexity index is 291. The number of rotatable bonds is 3. The molecule has 0 atom stereocenters. The van der Waals surface area contributed by atoms with Crippen molar-refractivity contribution >= 4 is 14.0 Å². The second kappa shape index (κ2) is 18.4. The molecule has 6 heteroatoms. The first-order valence-corrected chi connectivity index (χ1v) is 6.90. The molecule has 1 aromatic rings. The SMILES string of the molecule is CCC(=Cc1ccccc1)P(C)C.[Cl-].[Cl-].[Cl-].[Cl-].[Zr+4]. The van der Waals surface area contributed by atoms with E-state index in [1.165, 1.54) is 12.0 Å². The number of halogens is 4. The second-order valence-corrected chi connectivity index (χ2v) is 5.66. The first kappa shape index (κ1) is 31.7. The molecule has 0 radical (unpaired) electrons. The van der Waals surface area contributed by atoms with Crippen LogP contribution in [0.3, 0.4) is 0 Å². The molecule has 0 saturated heterocycles. The van der Waals surface area contributed by atoms with Gasteiger partial charge in [-0.1, -0.05) is 51.3 Å². The van der Waals surface area contributed by atoms with Crippen molar-refractivity contribution < 1.29 is 75.8 Å². The van der Waals surface area contributed by atoms with Gasteiger partial charge in [0.1, 0.15) is 0 Å². The molecule has 0 aliphatic heterocycles. The fourth-order valence-electron chi connectivity index (χ4n) is 1.29. The molecule has 0 fully saturated rings. The first-order chi connectivity index (χ1) is 6.24. The quantitative estimate of drug-likeness (QED) is 0.423. The molecule has 0 unspecified atom stereocenters. The molecule has 0 saturated carbocycles. The molecular formula is C12H17Cl4PZr. The molecule has 0 aliphatic rings. The number of hydrogen-bond acceptors (Lipinski definition) is 0. The van der Waals surface area contributed by atoms with Crippen LogP contribution in [0.1, 0.15) is 18.9 Å². The van der Waals surface area contributed by atoms with Crippen LogP contribution >= 0.6 is 7.92 Å². The Morgan fingerprint density at radius 1 is 1.00 bits per heavy atom. The number of allylic oxidation sites excluding steroid dienone is 1. The Hall–Kier alpha value is 1.43. The van der Waals surface area contributed by atoms with Crippen LogP contribution < -0.4 is 49.6 Å². The van der Waals surface area contributed by atoms with Crippen molar-refractivity contribution in [3.05, 3.63) is 41.2 Å². The first-order valence-electron chi connectivity index (χ1n) is 4.67. The molecule has 0 aromatic heterocycles. The van der Waals surface area contributed by atoms with E-state index in [9.17, 15) is 0 Å². The summed E-state index contributed by atoms with van der Waals surface area (Å²) in [6, 6.07) is 10.6. The van der Waals surface area contributed by atoms with Gasteiger partial charge in [0.2, 0.25) is 0 Å². The zero-order valence-corrected chi connectivity index (χ0v) is 17.0. The average Bonchev–Trinajstić information content (AvgIpc) is 2.15. The summed E-state index contributed by atoms with van der Waals surface area (Å²) >= 11 is 0. The standard InChI is InChI=1S/C12H17P.4ClH.Zr/c1-4-12(13(2)3)10-11-8-6-5-7-9-11;;;;;/h5-10H,4H2,1-3H3;4*1H;/q;;;;;+4/p-4. The van der Waals surface area contributed by atoms with E-state index in [1.807, 2.05) is 0 Å². The predicted molar refractivity (Wildman–Crippen MR) is 63.5 cm³/mol. The summed E-state index contributed by atoms with van der Waals surface area (Å²) in [6.07, 6.45) is 3.50. The topological polar surface area (TPSA) is 0 Å². The molecule has 0 spiro atoms. The van der Waals surface area contributed by atoms with E-state index in [-0.39, 0.29) is 83.8 Å². The van der Waals surface area contributed by atoms with E-state index in [0.717, 1.165) is 0 Å². The van der Waals surface area contributed by atoms with Gasteiger partial charge >= 0.3 is 26.2 Å². The van der Waals surface area contributed by atoms with Crippen LogP contribution in [0.25, 0.3) is 6.08 Å². The van der Waals surface area contributed by atoms with Crippen LogP contribution in [0, 0.1) is 0 Å². The minimum Gasteiger partial charge on any atom is -1.00 e. The van der Waals surface area contributed by atoms with E-state index in [4.69, 9.17) is 0 Å². The molecule has 0 bridgehead atoms. The molecule has 1 rings (SSSR count). The minimum atomic E-state index is 0. The fraction of sp³-hybridized carbons (Fsp3) is 0.333. The summed E-state index contributed by atoms with van der Waals surface area (Å²) in [5.41, 5.74) is 1.33. The molecule has 1 aromatic carbocycles. The number of hydrogen-bond donors (Lipinski definition) is 0. The van der Waals surface area contributed by atoms with E-state index >= 15 is 0 Å². The van der Waals surface area contributed by atoms with Gasteiger partial charge < -0.3 is 49.6 Å². The van der Waals surface area contributed by atoms with Gasteiger partial charge in [-0.15, -0.1) is 0 Å². The van der Waals surface area contributed by atoms with Gasteiger partial charge in [0.05, 0.1) is 0 Å². The Kier molecular flexibility index (Phi) is 32.5. The molecule has 0 aliphatic carbocycles. The average molecular weight is 425 g/mol. The van der Waals surface area contributed by atoms with E-state index in [0.29, 0.717) is 0 Å². The van der Waals surface area contributed by atoms with Gasteiger partial charge in [-0.25, -0.2) is 0 Å². The molecule has 0 nitrogen and oxygen atoms in total. The van der Waals surface area contributed by atoms with Crippen LogP contribution in [0.2, 0.25) is 0 Å². The van der Waals surface area contributed by atoms with Crippen LogP contribution in [-0.2, 0) is 26.2 Å². The van der Waals surface area contributed by atoms with Crippen molar-refractivity contribution in [2.75, 3.05) is 13.3 Å². The summed E-state index contributed by atoms with van der Waals surface area (Å²) in [5, 5.41) is 1.58. The Morgan fingerprint density at radius 3 is 1.78 bits per heavy atom. The third-order valence-corrected chi connectivity index (χ3v) is 3.66. The van der Waals surface area contributed by atoms with Crippen LogP contribution in [0.15, 0.2) is 35.6 Å². The van der Waals surface area contributed by atoms with Gasteiger partial charge in [0.25, 0.3) is 0 Å². The maximum absolute atomic E-state index is 2.33. The summed E-state index contributed by atoms with van der Waals surface area (Å²) in [5.74, 6) is 0. The van der Waals surface area contributed by atoms with E-state index in [2.05, 4.69) is 56.7 Å². The Balaban J connectivity index is -0.000000113. The molecule has 18 heavy (non-hydrogen) atoms. The van der Waals surface area contributed by atoms with Gasteiger partial charge in [0, 0.05) is 0 Å². The third-order valence-electron chi connectivity index (χ3n) is 2.07. The second-order valence-electron chi connectivity index (χ2n) is 3.29. The van der Waals surface area contributed by atoms with Crippen molar-refractivity contribution in [1.82, 2.24) is 0 Å². The molecule has 0 heterocycles. The fourth-order valence-corrected chi connectivity index (χ4v) is 2.33. The monoisotopic (exact) mass is 422 g/mol. The van der Waals surface area contributed by atoms with Gasteiger partial charge in [-0.2, -0.15) is 0 Å². The minimum absolute atomic E-state index is 0. The normalized spacial score (nSPS) is 8.78. The third kappa shape index (κ3) is 12.5. The van der Waals surface area contributed by atoms with Crippen molar-refractivity contribution in [2.45, 2.75) is 13.3 Å². The van der Waals surface area contributed by atoms with Gasteiger partial charge in [-0.3, -0.25) is 0 Å². The van der Waals surface area contributed by atoms with Gasteiger partial charge in [0.15, 0.2) is 0 Å². The summed E-state index contributed by atoms with van der Waals surface area (Å²) < 4.78 is 0. The maximum Gasteiger partial charge on any atom is 4.00 e. The maximum atomic E-state index is 2.33. The van der Waals surface area contributed by atoms with Crippen molar-refractivity contribution in [3.8, 4) is 0 Å². The van der Waals surface area contributed by atoms with Crippen LogP contribution in [-0.4, -0.2) is 13.3 Å². The van der Waals surface area contributed by atoms with Crippen LogP contribution in [0.4, 0.5) is 0 Å². The van der Waals surface area contributed by atoms with Crippen molar-refractivity contribution in [1.29, 1.82) is 0 Å². The van der Waals surface area contributed by atoms with E-state index < -0.39 is 0 Å². The van der Waals surface area contributed by atoms with Crippen LogP contribution in [0.5, 0.6) is 0 Å². The van der Waals surface area contributed by atoms with Crippen molar-refractivity contribution in [3.63, 3.8) is 0 Å². The van der Waals surface area contributed by atoms with Crippen molar-refractivity contribution in [2.24, 2.45) is 0 Å². The predicted octanol–water partition coefficient (Wildman–Crippen LogP) is -7.81. The molecule has 0 N–H and O–H groups in total. The molecule has 102 valence electrons. The zero-order valence-electron chi connectivity index (χ0n) is 10.6. The Labute approximate surface area is 156 Å². The Morgan fingerprint density at radius 2 is 1.44 bits per heavy atom. The zero-order chi connectivity index (χ0) is 9.68. The summed E-state index contributed by atoms with van der Waals surface area (Å²) in [7, 11) is 0.0734.